The lowest BCUT2D eigenvalue weighted by Crippen LogP contribution is -2.28. The van der Waals surface area contributed by atoms with Gasteiger partial charge in [-0.1, -0.05) is 13.8 Å². The molecule has 136 valence electrons. The van der Waals surface area contributed by atoms with Crippen molar-refractivity contribution in [1.82, 2.24) is 0 Å². The Bertz CT molecular complexity index is 495. The molecule has 1 unspecified atom stereocenters. The van der Waals surface area contributed by atoms with Crippen LogP contribution in [0.4, 0.5) is 15.8 Å². The smallest absolute Gasteiger partial charge is 0.172 e. The minimum atomic E-state index is -0.645. The highest BCUT2D eigenvalue weighted by molar-refractivity contribution is 7.75. The summed E-state index contributed by atoms with van der Waals surface area (Å²) in [5.74, 6) is -0.502. The maximum Gasteiger partial charge on any atom is 0.172 e. The summed E-state index contributed by atoms with van der Waals surface area (Å²) in [7, 11) is 0. The second kappa shape index (κ2) is 13.5. The van der Waals surface area contributed by atoms with E-state index in [4.69, 9.17) is 11.1 Å². The fraction of sp³-hybridized carbons (Fsp3) is 0.500. The molecular weight excluding hydrogens is 337 g/mol. The van der Waals surface area contributed by atoms with Crippen LogP contribution < -0.4 is 16.0 Å². The molecule has 8 nitrogen and oxygen atoms in total. The van der Waals surface area contributed by atoms with Gasteiger partial charge in [0.2, 0.25) is 0 Å². The van der Waals surface area contributed by atoms with Crippen molar-refractivity contribution in [1.29, 1.82) is 5.41 Å². The van der Waals surface area contributed by atoms with Gasteiger partial charge in [0.25, 0.3) is 0 Å². The van der Waals surface area contributed by atoms with E-state index in [1.54, 1.807) is 6.07 Å². The van der Waals surface area contributed by atoms with Crippen LogP contribution >= 0.6 is 12.9 Å². The molecule has 0 aliphatic carbocycles. The van der Waals surface area contributed by atoms with E-state index >= 15 is 0 Å². The number of nitrogens with zero attached hydrogens (tertiary/aromatic N) is 2. The molecule has 0 aliphatic heterocycles. The molecule has 1 aromatic carbocycles. The van der Waals surface area contributed by atoms with Gasteiger partial charge in [0.1, 0.15) is 12.4 Å². The molecule has 0 aromatic heterocycles. The first-order chi connectivity index (χ1) is 11.7. The highest BCUT2D eigenvalue weighted by atomic mass is 32.1. The summed E-state index contributed by atoms with van der Waals surface area (Å²) in [5, 5.41) is 12.5. The maximum absolute atomic E-state index is 14.1. The van der Waals surface area contributed by atoms with Crippen LogP contribution in [0, 0.1) is 16.1 Å². The molecule has 0 aliphatic rings. The highest BCUT2D eigenvalue weighted by Gasteiger charge is 2.13. The Labute approximate surface area is 146 Å². The largest absolute Gasteiger partial charge is 0.381 e. The van der Waals surface area contributed by atoms with Crippen molar-refractivity contribution in [2.45, 2.75) is 20.0 Å². The van der Waals surface area contributed by atoms with Gasteiger partial charge in [-0.3, -0.25) is 5.41 Å². The SMILES string of the molecule is CC.N=CN(CCN)c1ccc(NCC(COS)ON=O)cc1F. The first-order valence-corrected chi connectivity index (χ1v) is 7.78. The van der Waals surface area contributed by atoms with Gasteiger partial charge >= 0.3 is 0 Å². The molecule has 0 spiro atoms. The maximum atomic E-state index is 14.1. The number of nitrogens with one attached hydrogen (secondary N) is 2. The van der Waals surface area contributed by atoms with E-state index in [9.17, 15) is 9.30 Å². The van der Waals surface area contributed by atoms with Gasteiger partial charge in [0.15, 0.2) is 11.4 Å². The lowest BCUT2D eigenvalue weighted by Gasteiger charge is -2.19. The molecule has 4 N–H and O–H groups in total. The Balaban J connectivity index is 0.00000254. The molecule has 24 heavy (non-hydrogen) atoms. The molecule has 10 heteroatoms. The average molecular weight is 361 g/mol. The van der Waals surface area contributed by atoms with E-state index in [1.165, 1.54) is 17.0 Å². The molecule has 0 bridgehead atoms. The number of hydrogen-bond donors (Lipinski definition) is 4. The zero-order valence-electron chi connectivity index (χ0n) is 13.7. The molecule has 0 heterocycles. The minimum absolute atomic E-state index is 0.0422. The highest BCUT2D eigenvalue weighted by Crippen LogP contribution is 2.22. The first-order valence-electron chi connectivity index (χ1n) is 7.41. The number of thiol groups is 1. The van der Waals surface area contributed by atoms with Crippen LogP contribution in [-0.2, 0) is 9.02 Å². The fourth-order valence-electron chi connectivity index (χ4n) is 1.75. The van der Waals surface area contributed by atoms with Gasteiger partial charge in [-0.25, -0.2) is 4.39 Å². The molecule has 0 saturated heterocycles. The number of nitrogens with two attached hydrogens (primary N) is 1. The number of anilines is 2. The molecule has 0 fully saturated rings. The van der Waals surface area contributed by atoms with Crippen molar-refractivity contribution in [3.63, 3.8) is 0 Å². The van der Waals surface area contributed by atoms with Crippen molar-refractivity contribution >= 4 is 30.6 Å². The second-order valence-corrected chi connectivity index (χ2v) is 4.51. The third kappa shape index (κ3) is 7.57. The average Bonchev–Trinajstić information content (AvgIpc) is 2.60. The van der Waals surface area contributed by atoms with Gasteiger partial charge < -0.3 is 25.0 Å². The van der Waals surface area contributed by atoms with Gasteiger partial charge in [0, 0.05) is 18.8 Å². The third-order valence-electron chi connectivity index (χ3n) is 2.77. The van der Waals surface area contributed by atoms with Crippen LogP contribution in [0.5, 0.6) is 0 Å². The molecule has 1 rings (SSSR count). The fourth-order valence-corrected chi connectivity index (χ4v) is 1.91. The van der Waals surface area contributed by atoms with Gasteiger partial charge in [-0.15, -0.1) is 4.91 Å². The minimum Gasteiger partial charge on any atom is -0.381 e. The molecule has 0 amide bonds. The van der Waals surface area contributed by atoms with Crippen molar-refractivity contribution in [3.05, 3.63) is 28.9 Å². The van der Waals surface area contributed by atoms with Crippen LogP contribution in [0.3, 0.4) is 0 Å². The van der Waals surface area contributed by atoms with E-state index < -0.39 is 11.9 Å². The van der Waals surface area contributed by atoms with Crippen LogP contribution in [-0.4, -0.2) is 38.7 Å². The van der Waals surface area contributed by atoms with Crippen molar-refractivity contribution in [2.75, 3.05) is 36.5 Å². The Kier molecular flexibility index (Phi) is 12.4. The molecular formula is C14H24FN5O3S. The van der Waals surface area contributed by atoms with Crippen molar-refractivity contribution in [3.8, 4) is 0 Å². The van der Waals surface area contributed by atoms with Crippen LogP contribution in [0.1, 0.15) is 13.8 Å². The van der Waals surface area contributed by atoms with E-state index in [0.29, 0.717) is 18.8 Å². The van der Waals surface area contributed by atoms with Gasteiger partial charge in [-0.2, -0.15) is 0 Å². The summed E-state index contributed by atoms with van der Waals surface area (Å²) < 4.78 is 18.6. The standard InChI is InChI=1S/C12H18FN5O3S.C2H6/c13-11-5-9(16-6-10(7-20-22)21-17-19)1-2-12(11)18(8-15)4-3-14;1-2/h1-2,5,8,10,15-16,22H,3-4,6-7,14H2;1-2H3. The van der Waals surface area contributed by atoms with Crippen molar-refractivity contribution < 1.29 is 13.4 Å². The summed E-state index contributed by atoms with van der Waals surface area (Å²) in [5.41, 5.74) is 6.15. The predicted octanol–water partition coefficient (Wildman–Crippen LogP) is 2.56. The Morgan fingerprint density at radius 1 is 1.54 bits per heavy atom. The van der Waals surface area contributed by atoms with Gasteiger partial charge in [-0.05, 0) is 31.1 Å². The van der Waals surface area contributed by atoms with E-state index in [0.717, 1.165) is 6.34 Å². The number of hydrogen-bond acceptors (Lipinski definition) is 8. The molecule has 0 saturated carbocycles. The van der Waals surface area contributed by atoms with Gasteiger partial charge in [0.05, 0.1) is 18.6 Å². The number of halogens is 1. The predicted molar refractivity (Wildman–Crippen MR) is 97.0 cm³/mol. The van der Waals surface area contributed by atoms with Crippen LogP contribution in [0.25, 0.3) is 0 Å². The molecule has 0 radical (unpaired) electrons. The monoisotopic (exact) mass is 361 g/mol. The summed E-state index contributed by atoms with van der Waals surface area (Å²) in [6, 6.07) is 4.44. The second-order valence-electron chi connectivity index (χ2n) is 4.26. The summed E-state index contributed by atoms with van der Waals surface area (Å²) in [4.78, 5) is 16.0. The van der Waals surface area contributed by atoms with E-state index in [1.807, 2.05) is 13.8 Å². The quantitative estimate of drug-likeness (QED) is 0.120. The Hall–Kier alpha value is -1.91. The van der Waals surface area contributed by atoms with E-state index in [-0.39, 0.29) is 18.8 Å². The van der Waals surface area contributed by atoms with E-state index in [2.05, 4.69) is 32.6 Å². The molecule has 1 atom stereocenters. The van der Waals surface area contributed by atoms with Crippen molar-refractivity contribution in [2.24, 2.45) is 11.1 Å². The Morgan fingerprint density at radius 3 is 2.75 bits per heavy atom. The van der Waals surface area contributed by atoms with Crippen LogP contribution in [0.15, 0.2) is 23.5 Å². The lowest BCUT2D eigenvalue weighted by molar-refractivity contribution is 0.0358. The summed E-state index contributed by atoms with van der Waals surface area (Å²) in [6.07, 6.45) is 0.371. The zero-order valence-corrected chi connectivity index (χ0v) is 14.6. The number of rotatable bonds is 11. The zero-order chi connectivity index (χ0) is 18.4. The summed E-state index contributed by atoms with van der Waals surface area (Å²) in [6.45, 7) is 4.87. The summed E-state index contributed by atoms with van der Waals surface area (Å²) >= 11 is 3.57. The molecule has 1 aromatic rings. The number of benzene rings is 1. The lowest BCUT2D eigenvalue weighted by atomic mass is 10.2. The third-order valence-corrected chi connectivity index (χ3v) is 2.92. The first kappa shape index (κ1) is 22.1. The topological polar surface area (TPSA) is 113 Å². The Morgan fingerprint density at radius 2 is 2.25 bits per heavy atom. The van der Waals surface area contributed by atoms with Crippen LogP contribution in [0.2, 0.25) is 0 Å². The normalized spacial score (nSPS) is 10.9.